The number of rotatable bonds is 6. The van der Waals surface area contributed by atoms with E-state index in [0.29, 0.717) is 24.4 Å². The first-order valence-electron chi connectivity index (χ1n) is 9.12. The van der Waals surface area contributed by atoms with Crippen LogP contribution in [0.3, 0.4) is 0 Å². The van der Waals surface area contributed by atoms with Gasteiger partial charge in [0.2, 0.25) is 10.0 Å². The summed E-state index contributed by atoms with van der Waals surface area (Å²) >= 11 is 1.49. The fourth-order valence-electron chi connectivity index (χ4n) is 3.28. The molecule has 5 nitrogen and oxygen atoms in total. The number of ketones is 1. The predicted molar refractivity (Wildman–Crippen MR) is 102 cm³/mol. The van der Waals surface area contributed by atoms with E-state index in [9.17, 15) is 13.2 Å². The number of thiazole rings is 1. The first-order chi connectivity index (χ1) is 12.5. The summed E-state index contributed by atoms with van der Waals surface area (Å²) in [7, 11) is -3.40. The maximum Gasteiger partial charge on any atom is 0.243 e. The number of carbonyl (C=O) groups excluding carboxylic acids is 1. The highest BCUT2D eigenvalue weighted by Gasteiger charge is 2.30. The molecular weight excluding hydrogens is 368 g/mol. The van der Waals surface area contributed by atoms with Crippen molar-refractivity contribution in [3.05, 3.63) is 34.7 Å². The minimum Gasteiger partial charge on any atom is -0.299 e. The van der Waals surface area contributed by atoms with Crippen molar-refractivity contribution in [3.8, 4) is 11.3 Å². The Morgan fingerprint density at radius 2 is 1.81 bits per heavy atom. The molecule has 2 fully saturated rings. The van der Waals surface area contributed by atoms with Gasteiger partial charge in [0.05, 0.1) is 17.0 Å². The molecule has 1 aliphatic heterocycles. The van der Waals surface area contributed by atoms with Gasteiger partial charge in [0.15, 0.2) is 0 Å². The minimum absolute atomic E-state index is 0.252. The summed E-state index contributed by atoms with van der Waals surface area (Å²) in [6.45, 7) is 1.21. The Balaban J connectivity index is 1.49. The van der Waals surface area contributed by atoms with Gasteiger partial charge in [0.1, 0.15) is 10.8 Å². The quantitative estimate of drug-likeness (QED) is 0.757. The third-order valence-electron chi connectivity index (χ3n) is 5.01. The SMILES string of the molecule is O=C(Cc1nc(-c2ccc(S(=O)(=O)N3CCCCC3)cc2)cs1)C1CC1. The molecule has 2 aromatic rings. The highest BCUT2D eigenvalue weighted by atomic mass is 32.2. The third-order valence-corrected chi connectivity index (χ3v) is 7.77. The van der Waals surface area contributed by atoms with Gasteiger partial charge in [-0.2, -0.15) is 4.31 Å². The Morgan fingerprint density at radius 3 is 2.46 bits per heavy atom. The number of hydrogen-bond donors (Lipinski definition) is 0. The van der Waals surface area contributed by atoms with Gasteiger partial charge < -0.3 is 0 Å². The molecule has 0 amide bonds. The van der Waals surface area contributed by atoms with Crippen LogP contribution in [-0.2, 0) is 21.2 Å². The van der Waals surface area contributed by atoms with Crippen molar-refractivity contribution in [2.45, 2.75) is 43.4 Å². The third kappa shape index (κ3) is 3.75. The van der Waals surface area contributed by atoms with Crippen LogP contribution in [-0.4, -0.2) is 36.6 Å². The van der Waals surface area contributed by atoms with Crippen LogP contribution in [0.4, 0.5) is 0 Å². The smallest absolute Gasteiger partial charge is 0.243 e. The summed E-state index contributed by atoms with van der Waals surface area (Å²) in [6, 6.07) is 6.93. The first-order valence-corrected chi connectivity index (χ1v) is 11.4. The molecule has 1 aliphatic carbocycles. The molecule has 0 spiro atoms. The first kappa shape index (κ1) is 17.8. The van der Waals surface area contributed by atoms with Gasteiger partial charge in [0.25, 0.3) is 0 Å². The number of sulfonamides is 1. The largest absolute Gasteiger partial charge is 0.299 e. The van der Waals surface area contributed by atoms with Crippen molar-refractivity contribution in [1.82, 2.24) is 9.29 Å². The summed E-state index contributed by atoms with van der Waals surface area (Å²) in [5.74, 6) is 0.538. The molecule has 138 valence electrons. The van der Waals surface area contributed by atoms with E-state index >= 15 is 0 Å². The molecule has 0 radical (unpaired) electrons. The zero-order valence-electron chi connectivity index (χ0n) is 14.6. The number of nitrogens with zero attached hydrogens (tertiary/aromatic N) is 2. The number of carbonyl (C=O) groups is 1. The van der Waals surface area contributed by atoms with Crippen molar-refractivity contribution in [1.29, 1.82) is 0 Å². The van der Waals surface area contributed by atoms with Crippen molar-refractivity contribution < 1.29 is 13.2 Å². The Morgan fingerprint density at radius 1 is 1.12 bits per heavy atom. The molecule has 1 saturated heterocycles. The lowest BCUT2D eigenvalue weighted by Crippen LogP contribution is -2.35. The van der Waals surface area contributed by atoms with Gasteiger partial charge in [-0.05, 0) is 37.8 Å². The van der Waals surface area contributed by atoms with Gasteiger partial charge in [-0.1, -0.05) is 18.6 Å². The van der Waals surface area contributed by atoms with Gasteiger partial charge in [0, 0.05) is 30.0 Å². The molecule has 2 aliphatic rings. The van der Waals surface area contributed by atoms with Gasteiger partial charge in [-0.15, -0.1) is 11.3 Å². The Labute approximate surface area is 158 Å². The lowest BCUT2D eigenvalue weighted by molar-refractivity contribution is -0.119. The fourth-order valence-corrected chi connectivity index (χ4v) is 5.61. The molecule has 4 rings (SSSR count). The molecule has 7 heteroatoms. The summed E-state index contributed by atoms with van der Waals surface area (Å²) in [5, 5.41) is 2.77. The zero-order chi connectivity index (χ0) is 18.1. The number of benzene rings is 1. The predicted octanol–water partition coefficient (Wildman–Crippen LogP) is 3.51. The maximum absolute atomic E-state index is 12.7. The average Bonchev–Trinajstić information content (AvgIpc) is 3.42. The lowest BCUT2D eigenvalue weighted by Gasteiger charge is -2.25. The number of aromatic nitrogens is 1. The summed E-state index contributed by atoms with van der Waals surface area (Å²) in [4.78, 5) is 16.8. The minimum atomic E-state index is -3.40. The van der Waals surface area contributed by atoms with Crippen LogP contribution in [0.25, 0.3) is 11.3 Å². The van der Waals surface area contributed by atoms with E-state index in [4.69, 9.17) is 0 Å². The van der Waals surface area contributed by atoms with Gasteiger partial charge >= 0.3 is 0 Å². The Kier molecular flexibility index (Phi) is 4.94. The monoisotopic (exact) mass is 390 g/mol. The van der Waals surface area contributed by atoms with Crippen molar-refractivity contribution in [3.63, 3.8) is 0 Å². The van der Waals surface area contributed by atoms with Gasteiger partial charge in [-0.3, -0.25) is 4.79 Å². The van der Waals surface area contributed by atoms with Crippen LogP contribution >= 0.6 is 11.3 Å². The van der Waals surface area contributed by atoms with Crippen LogP contribution in [0.1, 0.15) is 37.1 Å². The lowest BCUT2D eigenvalue weighted by atomic mass is 10.2. The number of hydrogen-bond acceptors (Lipinski definition) is 5. The van der Waals surface area contributed by atoms with Crippen molar-refractivity contribution in [2.24, 2.45) is 5.92 Å². The van der Waals surface area contributed by atoms with Crippen LogP contribution < -0.4 is 0 Å². The summed E-state index contributed by atoms with van der Waals surface area (Å²) in [6.07, 6.45) is 5.40. The number of piperidine rings is 1. The molecule has 0 atom stereocenters. The molecule has 1 aromatic carbocycles. The Hall–Kier alpha value is -1.57. The molecular formula is C19H22N2O3S2. The van der Waals surface area contributed by atoms with Crippen LogP contribution in [0.5, 0.6) is 0 Å². The highest BCUT2D eigenvalue weighted by molar-refractivity contribution is 7.89. The average molecular weight is 391 g/mol. The van der Waals surface area contributed by atoms with E-state index in [2.05, 4.69) is 4.98 Å². The zero-order valence-corrected chi connectivity index (χ0v) is 16.2. The molecule has 0 bridgehead atoms. The van der Waals surface area contributed by atoms with E-state index in [1.54, 1.807) is 28.6 Å². The molecule has 26 heavy (non-hydrogen) atoms. The maximum atomic E-state index is 12.7. The standard InChI is InChI=1S/C19H22N2O3S2/c22-18(15-4-5-15)12-19-20-17(13-25-19)14-6-8-16(9-7-14)26(23,24)21-10-2-1-3-11-21/h6-9,13,15H,1-5,10-12H2. The van der Waals surface area contributed by atoms with Crippen LogP contribution in [0.15, 0.2) is 34.5 Å². The van der Waals surface area contributed by atoms with E-state index < -0.39 is 10.0 Å². The van der Waals surface area contributed by atoms with Gasteiger partial charge in [-0.25, -0.2) is 13.4 Å². The molecule has 1 aromatic heterocycles. The van der Waals surface area contributed by atoms with Crippen LogP contribution in [0, 0.1) is 5.92 Å². The summed E-state index contributed by atoms with van der Waals surface area (Å²) in [5.41, 5.74) is 1.68. The topological polar surface area (TPSA) is 67.3 Å². The van der Waals surface area contributed by atoms with E-state index in [1.807, 2.05) is 5.38 Å². The van der Waals surface area contributed by atoms with Crippen molar-refractivity contribution >= 4 is 27.1 Å². The second kappa shape index (κ2) is 7.21. The van der Waals surface area contributed by atoms with E-state index in [0.717, 1.165) is 48.4 Å². The highest BCUT2D eigenvalue weighted by Crippen LogP contribution is 2.32. The Bertz CT molecular complexity index is 893. The fraction of sp³-hybridized carbons (Fsp3) is 0.474. The number of Topliss-reactive ketones (excluding diaryl/α,β-unsaturated/α-hetero) is 1. The van der Waals surface area contributed by atoms with Crippen molar-refractivity contribution in [2.75, 3.05) is 13.1 Å². The second-order valence-electron chi connectivity index (χ2n) is 7.03. The molecule has 0 unspecified atom stereocenters. The summed E-state index contributed by atoms with van der Waals surface area (Å²) < 4.78 is 27.0. The molecule has 1 saturated carbocycles. The second-order valence-corrected chi connectivity index (χ2v) is 9.91. The molecule has 0 N–H and O–H groups in total. The molecule has 2 heterocycles. The van der Waals surface area contributed by atoms with E-state index in [1.165, 1.54) is 11.3 Å². The normalized spacial score (nSPS) is 18.8. The van der Waals surface area contributed by atoms with Crippen LogP contribution in [0.2, 0.25) is 0 Å². The van der Waals surface area contributed by atoms with E-state index in [-0.39, 0.29) is 11.7 Å².